The van der Waals surface area contributed by atoms with Crippen molar-refractivity contribution in [2.24, 2.45) is 7.05 Å². The fourth-order valence-corrected chi connectivity index (χ4v) is 3.94. The van der Waals surface area contributed by atoms with E-state index < -0.39 is 0 Å². The quantitative estimate of drug-likeness (QED) is 0.332. The number of carbonyl (C=O) groups excluding carboxylic acids is 1. The number of thioether (sulfide) groups is 2. The maximum absolute atomic E-state index is 12.5. The minimum absolute atomic E-state index is 0.0407. The van der Waals surface area contributed by atoms with Gasteiger partial charge < -0.3 is 0 Å². The smallest absolute Gasteiger partial charge is 0.254 e. The molecule has 0 aliphatic carbocycles. The molecule has 0 saturated heterocycles. The minimum Gasteiger partial charge on any atom is -0.291 e. The highest BCUT2D eigenvalue weighted by Gasteiger charge is 2.10. The van der Waals surface area contributed by atoms with Crippen LogP contribution < -0.4 is 5.56 Å². The van der Waals surface area contributed by atoms with Crippen molar-refractivity contribution in [2.45, 2.75) is 15.8 Å². The van der Waals surface area contributed by atoms with Gasteiger partial charge in [-0.3, -0.25) is 14.2 Å². The molecule has 0 aliphatic heterocycles. The summed E-state index contributed by atoms with van der Waals surface area (Å²) in [5.74, 6) is 0.551. The molecule has 2 aromatic carbocycles. The van der Waals surface area contributed by atoms with Crippen molar-refractivity contribution in [1.82, 2.24) is 9.55 Å². The second-order valence-electron chi connectivity index (χ2n) is 5.78. The van der Waals surface area contributed by atoms with E-state index in [2.05, 4.69) is 4.98 Å². The van der Waals surface area contributed by atoms with Gasteiger partial charge in [-0.1, -0.05) is 23.4 Å². The highest BCUT2D eigenvalue weighted by molar-refractivity contribution is 7.98. The topological polar surface area (TPSA) is 52.0 Å². The molecule has 1 aromatic heterocycles. The lowest BCUT2D eigenvalue weighted by molar-refractivity contribution is 0.103. The number of carbonyl (C=O) groups is 1. The molecule has 0 unspecified atom stereocenters. The lowest BCUT2D eigenvalue weighted by Crippen LogP contribution is -2.19. The third-order valence-corrected chi connectivity index (χ3v) is 5.97. The van der Waals surface area contributed by atoms with Crippen LogP contribution in [0.25, 0.3) is 0 Å². The van der Waals surface area contributed by atoms with E-state index in [1.807, 2.05) is 30.5 Å². The summed E-state index contributed by atoms with van der Waals surface area (Å²) in [6, 6.07) is 15.8. The second kappa shape index (κ2) is 8.78. The number of rotatable bonds is 6. The summed E-state index contributed by atoms with van der Waals surface area (Å²) < 4.78 is 1.54. The molecule has 27 heavy (non-hydrogen) atoms. The Bertz CT molecular complexity index is 1020. The third kappa shape index (κ3) is 4.83. The molecule has 0 bridgehead atoms. The standard InChI is InChI=1S/C20H17ClN2O2S2/c1-23-18(24)11-16(22-20(23)26-2)12-27-17-9-5-14(6-10-17)19(25)13-3-7-15(21)8-4-13/h3-11H,12H2,1-2H3. The monoisotopic (exact) mass is 416 g/mol. The molecule has 0 radical (unpaired) electrons. The van der Waals surface area contributed by atoms with Crippen molar-refractivity contribution in [3.8, 4) is 0 Å². The van der Waals surface area contributed by atoms with Gasteiger partial charge in [-0.05, 0) is 54.8 Å². The summed E-state index contributed by atoms with van der Waals surface area (Å²) >= 11 is 8.89. The zero-order chi connectivity index (χ0) is 19.4. The lowest BCUT2D eigenvalue weighted by atomic mass is 10.0. The van der Waals surface area contributed by atoms with E-state index >= 15 is 0 Å². The number of nitrogens with zero attached hydrogens (tertiary/aromatic N) is 2. The van der Waals surface area contributed by atoms with Crippen molar-refractivity contribution in [1.29, 1.82) is 0 Å². The molecule has 3 rings (SSSR count). The first-order chi connectivity index (χ1) is 13.0. The number of hydrogen-bond acceptors (Lipinski definition) is 5. The van der Waals surface area contributed by atoms with Crippen LogP contribution in [0.5, 0.6) is 0 Å². The minimum atomic E-state index is -0.0612. The number of benzene rings is 2. The Morgan fingerprint density at radius 3 is 2.26 bits per heavy atom. The van der Waals surface area contributed by atoms with E-state index in [4.69, 9.17) is 11.6 Å². The molecule has 3 aromatic rings. The summed E-state index contributed by atoms with van der Waals surface area (Å²) in [5, 5.41) is 1.30. The largest absolute Gasteiger partial charge is 0.291 e. The molecule has 1 heterocycles. The van der Waals surface area contributed by atoms with E-state index in [9.17, 15) is 9.59 Å². The lowest BCUT2D eigenvalue weighted by Gasteiger charge is -2.07. The summed E-state index contributed by atoms with van der Waals surface area (Å²) in [4.78, 5) is 30.0. The molecule has 0 atom stereocenters. The predicted molar refractivity (Wildman–Crippen MR) is 112 cm³/mol. The van der Waals surface area contributed by atoms with Gasteiger partial charge in [0.15, 0.2) is 10.9 Å². The van der Waals surface area contributed by atoms with E-state index in [0.717, 1.165) is 10.6 Å². The maximum atomic E-state index is 12.5. The van der Waals surface area contributed by atoms with Crippen LogP contribution in [0.3, 0.4) is 0 Å². The number of halogens is 1. The molecule has 7 heteroatoms. The number of aromatic nitrogens is 2. The van der Waals surface area contributed by atoms with Crippen molar-refractivity contribution in [3.05, 3.63) is 86.8 Å². The van der Waals surface area contributed by atoms with Gasteiger partial charge in [0.1, 0.15) is 0 Å². The van der Waals surface area contributed by atoms with Crippen LogP contribution in [-0.4, -0.2) is 21.6 Å². The van der Waals surface area contributed by atoms with E-state index in [1.165, 1.54) is 16.3 Å². The molecule has 138 valence electrons. The normalized spacial score (nSPS) is 10.8. The fourth-order valence-electron chi connectivity index (χ4n) is 2.45. The van der Waals surface area contributed by atoms with E-state index in [-0.39, 0.29) is 11.3 Å². The second-order valence-corrected chi connectivity index (χ2v) is 8.04. The molecule has 0 saturated carbocycles. The Kier molecular flexibility index (Phi) is 6.42. The highest BCUT2D eigenvalue weighted by Crippen LogP contribution is 2.23. The molecule has 0 spiro atoms. The SMILES string of the molecule is CSc1nc(CSc2ccc(C(=O)c3ccc(Cl)cc3)cc2)cc(=O)n1C. The Balaban J connectivity index is 1.69. The van der Waals surface area contributed by atoms with Crippen LogP contribution >= 0.6 is 35.1 Å². The van der Waals surface area contributed by atoms with Gasteiger partial charge >= 0.3 is 0 Å². The molecule has 4 nitrogen and oxygen atoms in total. The highest BCUT2D eigenvalue weighted by atomic mass is 35.5. The van der Waals surface area contributed by atoms with Gasteiger partial charge in [0, 0.05) is 39.9 Å². The Hall–Kier alpha value is -2.02. The van der Waals surface area contributed by atoms with Crippen LogP contribution in [0.15, 0.2) is 69.4 Å². The average Bonchev–Trinajstić information content (AvgIpc) is 2.69. The van der Waals surface area contributed by atoms with Crippen LogP contribution in [0.2, 0.25) is 5.02 Å². The van der Waals surface area contributed by atoms with Gasteiger partial charge in [-0.25, -0.2) is 4.98 Å². The van der Waals surface area contributed by atoms with Gasteiger partial charge in [0.2, 0.25) is 0 Å². The molecule has 0 N–H and O–H groups in total. The van der Waals surface area contributed by atoms with Gasteiger partial charge in [0.25, 0.3) is 5.56 Å². The first-order valence-corrected chi connectivity index (χ1v) is 10.7. The summed E-state index contributed by atoms with van der Waals surface area (Å²) in [5.41, 5.74) is 1.91. The third-order valence-electron chi connectivity index (χ3n) is 3.94. The Labute approximate surface area is 171 Å². The van der Waals surface area contributed by atoms with Crippen LogP contribution in [-0.2, 0) is 12.8 Å². The predicted octanol–water partition coefficient (Wildman–Crippen LogP) is 4.68. The summed E-state index contributed by atoms with van der Waals surface area (Å²) in [7, 11) is 1.72. The van der Waals surface area contributed by atoms with Crippen molar-refractivity contribution in [2.75, 3.05) is 6.26 Å². The Morgan fingerprint density at radius 2 is 1.67 bits per heavy atom. The number of ketones is 1. The van der Waals surface area contributed by atoms with Crippen molar-refractivity contribution < 1.29 is 4.79 Å². The van der Waals surface area contributed by atoms with Crippen molar-refractivity contribution >= 4 is 40.9 Å². The Morgan fingerprint density at radius 1 is 1.07 bits per heavy atom. The maximum Gasteiger partial charge on any atom is 0.254 e. The fraction of sp³-hybridized carbons (Fsp3) is 0.150. The summed E-state index contributed by atoms with van der Waals surface area (Å²) in [6.45, 7) is 0. The van der Waals surface area contributed by atoms with Crippen molar-refractivity contribution in [3.63, 3.8) is 0 Å². The first-order valence-electron chi connectivity index (χ1n) is 8.12. The first kappa shape index (κ1) is 19.7. The van der Waals surface area contributed by atoms with E-state index in [1.54, 1.807) is 49.1 Å². The number of hydrogen-bond donors (Lipinski definition) is 0. The van der Waals surface area contributed by atoms with Crippen LogP contribution in [0, 0.1) is 0 Å². The zero-order valence-electron chi connectivity index (χ0n) is 14.8. The molecule has 0 amide bonds. The summed E-state index contributed by atoms with van der Waals surface area (Å²) in [6.07, 6.45) is 1.90. The van der Waals surface area contributed by atoms with E-state index in [0.29, 0.717) is 27.1 Å². The molecular weight excluding hydrogens is 400 g/mol. The average molecular weight is 417 g/mol. The zero-order valence-corrected chi connectivity index (χ0v) is 17.2. The molecule has 0 aliphatic rings. The molecule has 0 fully saturated rings. The van der Waals surface area contributed by atoms with Crippen LogP contribution in [0.4, 0.5) is 0 Å². The van der Waals surface area contributed by atoms with Gasteiger partial charge in [0.05, 0.1) is 5.69 Å². The van der Waals surface area contributed by atoms with Gasteiger partial charge in [-0.2, -0.15) is 0 Å². The van der Waals surface area contributed by atoms with Crippen LogP contribution in [0.1, 0.15) is 21.6 Å². The molecular formula is C20H17ClN2O2S2. The van der Waals surface area contributed by atoms with Gasteiger partial charge in [-0.15, -0.1) is 11.8 Å².